The van der Waals surface area contributed by atoms with Gasteiger partial charge in [0.15, 0.2) is 11.6 Å². The zero-order chi connectivity index (χ0) is 11.4. The van der Waals surface area contributed by atoms with Gasteiger partial charge in [-0.3, -0.25) is 4.79 Å². The summed E-state index contributed by atoms with van der Waals surface area (Å²) in [6, 6.07) is 1.16. The first-order valence-electron chi connectivity index (χ1n) is 4.27. The molecule has 0 spiro atoms. The van der Waals surface area contributed by atoms with Crippen LogP contribution >= 0.6 is 11.6 Å². The average Bonchev–Trinajstić information content (AvgIpc) is 2.17. The van der Waals surface area contributed by atoms with Gasteiger partial charge in [0.1, 0.15) is 0 Å². The first-order valence-corrected chi connectivity index (χ1v) is 4.65. The predicted molar refractivity (Wildman–Crippen MR) is 56.5 cm³/mol. The summed E-state index contributed by atoms with van der Waals surface area (Å²) in [5.74, 6) is -0.662. The standard InChI is InChI=1S/C9H11ClFN3O/c1-12-8(15)5-14(2)9-7(11)3-6(10)4-13-9/h3-4H,5H2,1-2H3,(H,12,15). The quantitative estimate of drug-likeness (QED) is 0.846. The van der Waals surface area contributed by atoms with Gasteiger partial charge in [-0.1, -0.05) is 11.6 Å². The molecule has 0 aromatic carbocycles. The van der Waals surface area contributed by atoms with Crippen molar-refractivity contribution in [1.82, 2.24) is 10.3 Å². The number of amides is 1. The molecule has 0 radical (unpaired) electrons. The second-order valence-corrected chi connectivity index (χ2v) is 3.42. The van der Waals surface area contributed by atoms with Crippen molar-refractivity contribution in [1.29, 1.82) is 0 Å². The molecule has 1 heterocycles. The van der Waals surface area contributed by atoms with Gasteiger partial charge in [0.2, 0.25) is 5.91 Å². The van der Waals surface area contributed by atoms with Crippen LogP contribution in [0, 0.1) is 5.82 Å². The Labute approximate surface area is 92.1 Å². The van der Waals surface area contributed by atoms with Crippen molar-refractivity contribution >= 4 is 23.3 Å². The summed E-state index contributed by atoms with van der Waals surface area (Å²) in [6.07, 6.45) is 1.33. The highest BCUT2D eigenvalue weighted by Crippen LogP contribution is 2.17. The van der Waals surface area contributed by atoms with E-state index in [0.717, 1.165) is 6.07 Å². The summed E-state index contributed by atoms with van der Waals surface area (Å²) in [5, 5.41) is 2.67. The maximum atomic E-state index is 13.3. The van der Waals surface area contributed by atoms with E-state index in [-0.39, 0.29) is 23.3 Å². The van der Waals surface area contributed by atoms with Crippen LogP contribution in [-0.2, 0) is 4.79 Å². The van der Waals surface area contributed by atoms with Crippen molar-refractivity contribution in [3.63, 3.8) is 0 Å². The number of nitrogens with zero attached hydrogens (tertiary/aromatic N) is 2. The van der Waals surface area contributed by atoms with Crippen molar-refractivity contribution < 1.29 is 9.18 Å². The predicted octanol–water partition coefficient (Wildman–Crippen LogP) is 1.06. The maximum absolute atomic E-state index is 13.3. The fraction of sp³-hybridized carbons (Fsp3) is 0.333. The smallest absolute Gasteiger partial charge is 0.239 e. The normalized spacial score (nSPS) is 9.87. The lowest BCUT2D eigenvalue weighted by atomic mass is 10.4. The monoisotopic (exact) mass is 231 g/mol. The molecule has 0 aliphatic rings. The Morgan fingerprint density at radius 1 is 1.73 bits per heavy atom. The lowest BCUT2D eigenvalue weighted by Gasteiger charge is -2.17. The van der Waals surface area contributed by atoms with Crippen molar-refractivity contribution in [2.45, 2.75) is 0 Å². The topological polar surface area (TPSA) is 45.2 Å². The van der Waals surface area contributed by atoms with Gasteiger partial charge in [-0.15, -0.1) is 0 Å². The van der Waals surface area contributed by atoms with Gasteiger partial charge in [0, 0.05) is 20.3 Å². The number of rotatable bonds is 3. The van der Waals surface area contributed by atoms with Gasteiger partial charge in [-0.2, -0.15) is 0 Å². The summed E-state index contributed by atoms with van der Waals surface area (Å²) in [5.41, 5.74) is 0. The molecule has 0 unspecified atom stereocenters. The lowest BCUT2D eigenvalue weighted by Crippen LogP contribution is -2.33. The Kier molecular flexibility index (Phi) is 3.85. The third kappa shape index (κ3) is 3.06. The van der Waals surface area contributed by atoms with E-state index in [0.29, 0.717) is 0 Å². The van der Waals surface area contributed by atoms with E-state index >= 15 is 0 Å². The minimum atomic E-state index is -0.547. The van der Waals surface area contributed by atoms with Gasteiger partial charge in [-0.25, -0.2) is 9.37 Å². The van der Waals surface area contributed by atoms with Gasteiger partial charge in [-0.05, 0) is 6.07 Å². The molecule has 15 heavy (non-hydrogen) atoms. The molecule has 4 nitrogen and oxygen atoms in total. The van der Waals surface area contributed by atoms with Crippen molar-refractivity contribution in [3.05, 3.63) is 23.1 Å². The summed E-state index contributed by atoms with van der Waals surface area (Å²) in [7, 11) is 3.09. The van der Waals surface area contributed by atoms with Crippen LogP contribution in [0.15, 0.2) is 12.3 Å². The minimum absolute atomic E-state index is 0.0437. The van der Waals surface area contributed by atoms with Gasteiger partial charge >= 0.3 is 0 Å². The molecule has 0 aliphatic carbocycles. The van der Waals surface area contributed by atoms with Crippen molar-refractivity contribution in [2.75, 3.05) is 25.5 Å². The molecule has 0 atom stereocenters. The van der Waals surface area contributed by atoms with Crippen LogP contribution in [0.4, 0.5) is 10.2 Å². The molecule has 1 rings (SSSR count). The highest BCUT2D eigenvalue weighted by atomic mass is 35.5. The van der Waals surface area contributed by atoms with Crippen LogP contribution in [0.1, 0.15) is 0 Å². The summed E-state index contributed by atoms with van der Waals surface area (Å²) < 4.78 is 13.3. The number of pyridine rings is 1. The van der Waals surface area contributed by atoms with Crippen LogP contribution in [0.5, 0.6) is 0 Å². The Morgan fingerprint density at radius 3 is 2.93 bits per heavy atom. The van der Waals surface area contributed by atoms with Crippen LogP contribution in [0.25, 0.3) is 0 Å². The second-order valence-electron chi connectivity index (χ2n) is 2.99. The van der Waals surface area contributed by atoms with Crippen molar-refractivity contribution in [2.24, 2.45) is 0 Å². The van der Waals surface area contributed by atoms with E-state index in [9.17, 15) is 9.18 Å². The molecule has 6 heteroatoms. The number of carbonyl (C=O) groups is 1. The van der Waals surface area contributed by atoms with Crippen molar-refractivity contribution in [3.8, 4) is 0 Å². The van der Waals surface area contributed by atoms with Gasteiger partial charge in [0.25, 0.3) is 0 Å². The summed E-state index contributed by atoms with van der Waals surface area (Å²) >= 11 is 5.55. The van der Waals surface area contributed by atoms with E-state index in [1.54, 1.807) is 7.05 Å². The maximum Gasteiger partial charge on any atom is 0.239 e. The fourth-order valence-corrected chi connectivity index (χ4v) is 1.20. The Hall–Kier alpha value is -1.36. The number of carbonyl (C=O) groups excluding carboxylic acids is 1. The summed E-state index contributed by atoms with van der Waals surface area (Å²) in [6.45, 7) is 0.0437. The van der Waals surface area contributed by atoms with E-state index in [1.165, 1.54) is 18.1 Å². The third-order valence-corrected chi connectivity index (χ3v) is 2.02. The molecule has 82 valence electrons. The lowest BCUT2D eigenvalue weighted by molar-refractivity contribution is -0.119. The number of likely N-dealkylation sites (N-methyl/N-ethyl adjacent to an activating group) is 2. The molecule has 0 bridgehead atoms. The molecule has 0 aliphatic heterocycles. The molecular weight excluding hydrogens is 221 g/mol. The number of hydrogen-bond acceptors (Lipinski definition) is 3. The highest BCUT2D eigenvalue weighted by Gasteiger charge is 2.12. The van der Waals surface area contributed by atoms with Gasteiger partial charge in [0.05, 0.1) is 11.6 Å². The molecule has 0 fully saturated rings. The van der Waals surface area contributed by atoms with Crippen LogP contribution in [0.3, 0.4) is 0 Å². The second kappa shape index (κ2) is 4.93. The van der Waals surface area contributed by atoms with Crippen LogP contribution < -0.4 is 10.2 Å². The van der Waals surface area contributed by atoms with E-state index in [1.807, 2.05) is 0 Å². The number of hydrogen-bond donors (Lipinski definition) is 1. The summed E-state index contributed by atoms with van der Waals surface area (Å²) in [4.78, 5) is 16.3. The molecular formula is C9H11ClFN3O. The van der Waals surface area contributed by atoms with E-state index in [4.69, 9.17) is 11.6 Å². The largest absolute Gasteiger partial charge is 0.358 e. The number of halogens is 2. The Bertz CT molecular complexity index is 372. The molecule has 1 aromatic heterocycles. The molecule has 0 saturated heterocycles. The molecule has 1 aromatic rings. The minimum Gasteiger partial charge on any atom is -0.358 e. The van der Waals surface area contributed by atoms with Crippen LogP contribution in [0.2, 0.25) is 5.02 Å². The van der Waals surface area contributed by atoms with Gasteiger partial charge < -0.3 is 10.2 Å². The number of aromatic nitrogens is 1. The zero-order valence-electron chi connectivity index (χ0n) is 8.42. The Balaban J connectivity index is 2.82. The fourth-order valence-electron chi connectivity index (χ4n) is 1.06. The Morgan fingerprint density at radius 2 is 2.40 bits per heavy atom. The number of anilines is 1. The van der Waals surface area contributed by atoms with E-state index in [2.05, 4.69) is 10.3 Å². The molecule has 0 saturated carbocycles. The van der Waals surface area contributed by atoms with E-state index < -0.39 is 5.82 Å². The number of nitrogens with one attached hydrogen (secondary N) is 1. The highest BCUT2D eigenvalue weighted by molar-refractivity contribution is 6.30. The van der Waals surface area contributed by atoms with Crippen LogP contribution in [-0.4, -0.2) is 31.5 Å². The molecule has 1 amide bonds. The SMILES string of the molecule is CNC(=O)CN(C)c1ncc(Cl)cc1F. The first-order chi connectivity index (χ1) is 7.04. The molecule has 1 N–H and O–H groups in total. The third-order valence-electron chi connectivity index (χ3n) is 1.81. The average molecular weight is 232 g/mol. The zero-order valence-corrected chi connectivity index (χ0v) is 9.18. The first kappa shape index (κ1) is 11.7.